The molecule has 1 aromatic rings. The van der Waals surface area contributed by atoms with Gasteiger partial charge in [-0.05, 0) is 17.5 Å². The van der Waals surface area contributed by atoms with Crippen molar-refractivity contribution in [3.63, 3.8) is 0 Å². The Balaban J connectivity index is 2.31. The number of hydrogen-bond acceptors (Lipinski definition) is 2. The molecule has 1 N–H and O–H groups in total. The van der Waals surface area contributed by atoms with Crippen LogP contribution in [0, 0.1) is 17.8 Å². The predicted octanol–water partition coefficient (Wildman–Crippen LogP) is 3.68. The molecule has 1 aliphatic rings. The van der Waals surface area contributed by atoms with E-state index in [1.165, 1.54) is 6.07 Å². The van der Waals surface area contributed by atoms with Crippen LogP contribution in [0.5, 0.6) is 0 Å². The smallest absolute Gasteiger partial charge is 0.356 e. The summed E-state index contributed by atoms with van der Waals surface area (Å²) in [6.45, 7) is 8.44. The molecule has 0 aromatic heterocycles. The third kappa shape index (κ3) is 5.23. The van der Waals surface area contributed by atoms with Crippen LogP contribution in [0.2, 0.25) is 0 Å². The highest BCUT2D eigenvalue weighted by atomic mass is 19.4. The van der Waals surface area contributed by atoms with Crippen molar-refractivity contribution in [1.82, 2.24) is 10.2 Å². The Hall–Kier alpha value is -2.05. The van der Waals surface area contributed by atoms with Crippen molar-refractivity contribution in [1.29, 1.82) is 0 Å². The van der Waals surface area contributed by atoms with Gasteiger partial charge in [-0.2, -0.15) is 13.2 Å². The highest BCUT2D eigenvalue weighted by molar-refractivity contribution is 5.84. The number of amides is 2. The molecule has 1 aliphatic heterocycles. The molecule has 2 amide bonds. The van der Waals surface area contributed by atoms with Gasteiger partial charge in [0.25, 0.3) is 0 Å². The van der Waals surface area contributed by atoms with E-state index in [9.17, 15) is 22.8 Å². The van der Waals surface area contributed by atoms with Crippen molar-refractivity contribution < 1.29 is 22.8 Å². The normalized spacial score (nSPS) is 20.4. The minimum Gasteiger partial charge on any atom is -0.356 e. The van der Waals surface area contributed by atoms with E-state index in [1.807, 2.05) is 13.8 Å². The van der Waals surface area contributed by atoms with Crippen LogP contribution in [-0.4, -0.2) is 36.3 Å². The van der Waals surface area contributed by atoms with Gasteiger partial charge < -0.3 is 10.2 Å². The second-order valence-corrected chi connectivity index (χ2v) is 7.87. The molecule has 150 valence electrons. The molecule has 1 fully saturated rings. The topological polar surface area (TPSA) is 49.4 Å². The van der Waals surface area contributed by atoms with Crippen molar-refractivity contribution in [3.05, 3.63) is 35.4 Å². The molecule has 27 heavy (non-hydrogen) atoms. The summed E-state index contributed by atoms with van der Waals surface area (Å²) in [5.74, 6) is -1.30. The number of likely N-dealkylation sites (tertiary alicyclic amines) is 1. The Morgan fingerprint density at radius 1 is 1.19 bits per heavy atom. The highest BCUT2D eigenvalue weighted by Gasteiger charge is 2.41. The molecule has 0 spiro atoms. The summed E-state index contributed by atoms with van der Waals surface area (Å²) in [5.41, 5.74) is -0.302. The molecule has 0 aliphatic carbocycles. The molecule has 1 aromatic carbocycles. The summed E-state index contributed by atoms with van der Waals surface area (Å²) in [7, 11) is 0. The monoisotopic (exact) mass is 384 g/mol. The van der Waals surface area contributed by atoms with Gasteiger partial charge in [0, 0.05) is 31.5 Å². The zero-order valence-electron chi connectivity index (χ0n) is 16.1. The molecule has 7 heteroatoms. The van der Waals surface area contributed by atoms with E-state index in [0.717, 1.165) is 12.1 Å². The van der Waals surface area contributed by atoms with Gasteiger partial charge >= 0.3 is 6.18 Å². The van der Waals surface area contributed by atoms with E-state index in [4.69, 9.17) is 0 Å². The number of nitrogens with one attached hydrogen (secondary N) is 1. The maximum Gasteiger partial charge on any atom is 0.416 e. The maximum absolute atomic E-state index is 13.1. The van der Waals surface area contributed by atoms with Crippen LogP contribution >= 0.6 is 0 Å². The predicted molar refractivity (Wildman–Crippen MR) is 96.9 cm³/mol. The highest BCUT2D eigenvalue weighted by Crippen LogP contribution is 2.37. The minimum atomic E-state index is -4.45. The van der Waals surface area contributed by atoms with Crippen molar-refractivity contribution in [2.45, 2.75) is 39.8 Å². The molecule has 1 saturated heterocycles. The fourth-order valence-corrected chi connectivity index (χ4v) is 3.33. The zero-order chi connectivity index (χ0) is 20.4. The van der Waals surface area contributed by atoms with Gasteiger partial charge in [0.1, 0.15) is 0 Å². The molecule has 1 heterocycles. The van der Waals surface area contributed by atoms with Crippen LogP contribution in [0.4, 0.5) is 13.2 Å². The Labute approximate surface area is 158 Å². The Morgan fingerprint density at radius 3 is 2.41 bits per heavy atom. The SMILES string of the molecule is CC(C)CNC(=O)C1CN(C(=O)C(C)C)CC1c1cccc(C(F)(F)F)c1. The first-order chi connectivity index (χ1) is 12.5. The lowest BCUT2D eigenvalue weighted by Gasteiger charge is -2.20. The lowest BCUT2D eigenvalue weighted by atomic mass is 9.87. The van der Waals surface area contributed by atoms with Crippen LogP contribution in [0.15, 0.2) is 24.3 Å². The van der Waals surface area contributed by atoms with E-state index in [1.54, 1.807) is 24.8 Å². The molecule has 0 radical (unpaired) electrons. The number of benzene rings is 1. The number of rotatable bonds is 5. The number of alkyl halides is 3. The summed E-state index contributed by atoms with van der Waals surface area (Å²) in [6, 6.07) is 5.07. The van der Waals surface area contributed by atoms with Gasteiger partial charge in [-0.1, -0.05) is 45.9 Å². The first-order valence-electron chi connectivity index (χ1n) is 9.24. The second kappa shape index (κ2) is 8.31. The van der Waals surface area contributed by atoms with Crippen molar-refractivity contribution in [3.8, 4) is 0 Å². The quantitative estimate of drug-likeness (QED) is 0.842. The van der Waals surface area contributed by atoms with Crippen LogP contribution in [-0.2, 0) is 15.8 Å². The number of halogens is 3. The van der Waals surface area contributed by atoms with Gasteiger partial charge in [-0.15, -0.1) is 0 Å². The lowest BCUT2D eigenvalue weighted by Crippen LogP contribution is -2.37. The Bertz CT molecular complexity index is 686. The van der Waals surface area contributed by atoms with Gasteiger partial charge in [-0.3, -0.25) is 9.59 Å². The molecule has 2 atom stereocenters. The van der Waals surface area contributed by atoms with E-state index >= 15 is 0 Å². The molecule has 0 bridgehead atoms. The van der Waals surface area contributed by atoms with Crippen LogP contribution < -0.4 is 5.32 Å². The average Bonchev–Trinajstić information content (AvgIpc) is 3.03. The number of carbonyl (C=O) groups excluding carboxylic acids is 2. The molecule has 0 saturated carbocycles. The molecule has 4 nitrogen and oxygen atoms in total. The summed E-state index contributed by atoms with van der Waals surface area (Å²) in [4.78, 5) is 26.7. The number of hydrogen-bond donors (Lipinski definition) is 1. The second-order valence-electron chi connectivity index (χ2n) is 7.87. The summed E-state index contributed by atoms with van der Waals surface area (Å²) in [5, 5.41) is 2.86. The van der Waals surface area contributed by atoms with E-state index in [-0.39, 0.29) is 36.7 Å². The maximum atomic E-state index is 13.1. The molecule has 2 rings (SSSR count). The van der Waals surface area contributed by atoms with Gasteiger partial charge in [-0.25, -0.2) is 0 Å². The molecular formula is C20H27F3N2O2. The summed E-state index contributed by atoms with van der Waals surface area (Å²) >= 11 is 0. The molecular weight excluding hydrogens is 357 g/mol. The van der Waals surface area contributed by atoms with Crippen LogP contribution in [0.3, 0.4) is 0 Å². The fraction of sp³-hybridized carbons (Fsp3) is 0.600. The van der Waals surface area contributed by atoms with E-state index < -0.39 is 23.6 Å². The standard InChI is InChI=1S/C20H27F3N2O2/c1-12(2)9-24-18(26)17-11-25(19(27)13(3)4)10-16(17)14-6-5-7-15(8-14)20(21,22)23/h5-8,12-13,16-17H,9-11H2,1-4H3,(H,24,26). The van der Waals surface area contributed by atoms with E-state index in [2.05, 4.69) is 5.32 Å². The van der Waals surface area contributed by atoms with Gasteiger partial charge in [0.15, 0.2) is 0 Å². The van der Waals surface area contributed by atoms with Gasteiger partial charge in [0.05, 0.1) is 11.5 Å². The van der Waals surface area contributed by atoms with Crippen molar-refractivity contribution >= 4 is 11.8 Å². The number of carbonyl (C=O) groups is 2. The molecule has 2 unspecified atom stereocenters. The Morgan fingerprint density at radius 2 is 1.85 bits per heavy atom. The fourth-order valence-electron chi connectivity index (χ4n) is 3.33. The minimum absolute atomic E-state index is 0.0915. The number of nitrogens with zero attached hydrogens (tertiary/aromatic N) is 1. The lowest BCUT2D eigenvalue weighted by molar-refractivity contribution is -0.137. The van der Waals surface area contributed by atoms with E-state index in [0.29, 0.717) is 12.1 Å². The summed E-state index contributed by atoms with van der Waals surface area (Å²) < 4.78 is 39.3. The third-order valence-electron chi connectivity index (χ3n) is 4.79. The third-order valence-corrected chi connectivity index (χ3v) is 4.79. The van der Waals surface area contributed by atoms with Crippen LogP contribution in [0.25, 0.3) is 0 Å². The first kappa shape index (κ1) is 21.3. The Kier molecular flexibility index (Phi) is 6.54. The average molecular weight is 384 g/mol. The zero-order valence-corrected chi connectivity index (χ0v) is 16.1. The van der Waals surface area contributed by atoms with Crippen LogP contribution in [0.1, 0.15) is 44.7 Å². The largest absolute Gasteiger partial charge is 0.416 e. The van der Waals surface area contributed by atoms with Crippen molar-refractivity contribution in [2.75, 3.05) is 19.6 Å². The van der Waals surface area contributed by atoms with Crippen molar-refractivity contribution in [2.24, 2.45) is 17.8 Å². The van der Waals surface area contributed by atoms with Gasteiger partial charge in [0.2, 0.25) is 11.8 Å². The first-order valence-corrected chi connectivity index (χ1v) is 9.24. The summed E-state index contributed by atoms with van der Waals surface area (Å²) in [6.07, 6.45) is -4.45.